The monoisotopic (exact) mass is 1530 g/mol. The van der Waals surface area contributed by atoms with Crippen molar-refractivity contribution >= 4 is 141 Å². The smallest absolute Gasteiger partial charge is 0.423 e. The Balaban J connectivity index is 0.000000128. The highest BCUT2D eigenvalue weighted by atomic mass is 79.9. The van der Waals surface area contributed by atoms with Crippen molar-refractivity contribution in [2.24, 2.45) is 0 Å². The molecule has 2 spiro atoms. The maximum Gasteiger partial charge on any atom is 0.489 e. The van der Waals surface area contributed by atoms with Gasteiger partial charge >= 0.3 is 7.12 Å². The van der Waals surface area contributed by atoms with Gasteiger partial charge in [-0.2, -0.15) is 0 Å². The molecule has 0 heterocycles. The summed E-state index contributed by atoms with van der Waals surface area (Å²) in [6, 6.07) is 136. The van der Waals surface area contributed by atoms with Crippen molar-refractivity contribution in [1.82, 2.24) is 0 Å². The molecule has 0 unspecified atom stereocenters. The zero-order valence-corrected chi connectivity index (χ0v) is 62.1. The molecule has 4 aliphatic carbocycles. The van der Waals surface area contributed by atoms with E-state index in [0.29, 0.717) is 5.46 Å². The van der Waals surface area contributed by atoms with Crippen LogP contribution in [-0.2, 0) is 10.8 Å². The van der Waals surface area contributed by atoms with Crippen LogP contribution >= 0.6 is 31.9 Å². The summed E-state index contributed by atoms with van der Waals surface area (Å²) in [5.41, 5.74) is 26.3. The Hall–Kier alpha value is -12.3. The third kappa shape index (κ3) is 9.49. The lowest BCUT2D eigenvalue weighted by Crippen LogP contribution is -2.30. The molecule has 110 heavy (non-hydrogen) atoms. The Kier molecular flexibility index (Phi) is 15.2. The summed E-state index contributed by atoms with van der Waals surface area (Å²) in [6.07, 6.45) is 0. The summed E-state index contributed by atoms with van der Waals surface area (Å²) >= 11 is 7.45. The van der Waals surface area contributed by atoms with Gasteiger partial charge in [0.1, 0.15) is 0 Å². The second-order valence-corrected chi connectivity index (χ2v) is 31.4. The molecule has 2 nitrogen and oxygen atoms in total. The summed E-state index contributed by atoms with van der Waals surface area (Å²) in [4.78, 5) is 0. The SMILES string of the molecule is Brc1ccc2c(c1)C1(c3ccccc3-2)c2ccccc2-c2ccc(Br)cc21.C.OB(O)c1cc2c3ccccc3ccc2c2ccccc12.c1ccc2c(c1)-c1ccc(-c3cc4c5ccccc5ccc4c4ccccc34)cc1C21c2ccccc2-c2ccc(-c3cc4c5ccccc5ccc4c4ccccc34)cc21. The Bertz CT molecular complexity index is 6980. The first kappa shape index (κ1) is 65.9. The quantitative estimate of drug-likeness (QED) is 0.137. The van der Waals surface area contributed by atoms with Crippen LogP contribution in [0.5, 0.6) is 0 Å². The number of rotatable bonds is 3. The van der Waals surface area contributed by atoms with Crippen LogP contribution in [0.1, 0.15) is 51.9 Å². The maximum atomic E-state index is 9.71. The van der Waals surface area contributed by atoms with E-state index in [1.165, 1.54) is 176 Å². The Morgan fingerprint density at radius 3 is 0.818 bits per heavy atom. The number of fused-ring (bicyclic) bond motifs is 35. The first-order valence-electron chi connectivity index (χ1n) is 37.4. The third-order valence-corrected chi connectivity index (χ3v) is 25.3. The second kappa shape index (κ2) is 25.4. The topological polar surface area (TPSA) is 40.5 Å². The normalized spacial score (nSPS) is 13.2. The van der Waals surface area contributed by atoms with Crippen molar-refractivity contribution in [3.63, 3.8) is 0 Å². The van der Waals surface area contributed by atoms with Crippen LogP contribution < -0.4 is 5.46 Å². The number of halogens is 2. The Morgan fingerprint density at radius 2 is 0.455 bits per heavy atom. The van der Waals surface area contributed by atoms with Gasteiger partial charge in [-0.3, -0.25) is 0 Å². The standard InChI is InChI=1S/C61H36.C25H14Br2.C18H13BO2.CH4/c1-3-15-41-37(13-1)25-29-47-43-17-5-7-19-45(43)53(35-55(41)47)39-27-31-51-49-21-9-11-23-57(49)61(59(51)33-39)58-24-12-10-22-50(58)52-32-28-40(34-60(52)61)54-36-56-42-16-4-2-14-38(42)26-30-48(56)44-18-6-8-20-46(44)54;26-15-9-11-19-17-5-1-3-7-21(17)25(23(19)13-15)22-8-4-2-6-18(22)20-12-10-16(27)14-24(20)25;20-19(21)18-11-17-13-6-2-1-5-12(13)9-10-15(17)14-7-3-4-8-16(14)18;/h1-36H;1-14H;1-11,20-21H;1H4. The molecule has 0 saturated carbocycles. The molecule has 0 atom stereocenters. The van der Waals surface area contributed by atoms with E-state index in [1.54, 1.807) is 0 Å². The highest BCUT2D eigenvalue weighted by Gasteiger charge is 2.53. The minimum absolute atomic E-state index is 0. The lowest BCUT2D eigenvalue weighted by Gasteiger charge is -2.31. The fourth-order valence-corrected chi connectivity index (χ4v) is 20.6. The average Bonchev–Trinajstić information content (AvgIpc) is 1.51. The zero-order valence-electron chi connectivity index (χ0n) is 58.9. The largest absolute Gasteiger partial charge is 0.489 e. The van der Waals surface area contributed by atoms with E-state index >= 15 is 0 Å². The number of hydrogen-bond donors (Lipinski definition) is 2. The van der Waals surface area contributed by atoms with Gasteiger partial charge in [0.25, 0.3) is 0 Å². The molecule has 516 valence electrons. The molecule has 0 fully saturated rings. The van der Waals surface area contributed by atoms with E-state index in [9.17, 15) is 10.0 Å². The van der Waals surface area contributed by atoms with Crippen LogP contribution in [-0.4, -0.2) is 17.2 Å². The summed E-state index contributed by atoms with van der Waals surface area (Å²) in [5, 5.41) is 41.2. The minimum atomic E-state index is -1.47. The first-order valence-corrected chi connectivity index (χ1v) is 39.0. The van der Waals surface area contributed by atoms with Crippen LogP contribution in [0.25, 0.3) is 164 Å². The fourth-order valence-electron chi connectivity index (χ4n) is 19.9. The van der Waals surface area contributed by atoms with Crippen molar-refractivity contribution in [2.45, 2.75) is 18.3 Å². The van der Waals surface area contributed by atoms with Crippen LogP contribution in [0.15, 0.2) is 379 Å². The molecule has 0 aromatic heterocycles. The van der Waals surface area contributed by atoms with E-state index in [4.69, 9.17) is 0 Å². The highest BCUT2D eigenvalue weighted by Crippen LogP contribution is 2.66. The van der Waals surface area contributed by atoms with Crippen LogP contribution in [0.2, 0.25) is 0 Å². The van der Waals surface area contributed by atoms with E-state index in [2.05, 4.69) is 359 Å². The van der Waals surface area contributed by atoms with Crippen molar-refractivity contribution < 1.29 is 10.0 Å². The molecule has 20 aromatic carbocycles. The summed E-state index contributed by atoms with van der Waals surface area (Å²) in [7, 11) is -1.47. The lowest BCUT2D eigenvalue weighted by atomic mass is 9.70. The van der Waals surface area contributed by atoms with Gasteiger partial charge in [-0.05, 0) is 262 Å². The van der Waals surface area contributed by atoms with Gasteiger partial charge in [0.05, 0.1) is 10.8 Å². The van der Waals surface area contributed by atoms with Crippen molar-refractivity contribution in [2.75, 3.05) is 0 Å². The number of benzene rings is 20. The third-order valence-electron chi connectivity index (χ3n) is 24.3. The van der Waals surface area contributed by atoms with Crippen molar-refractivity contribution in [3.8, 4) is 66.8 Å². The van der Waals surface area contributed by atoms with Gasteiger partial charge in [-0.1, -0.05) is 361 Å². The van der Waals surface area contributed by atoms with Crippen LogP contribution in [0.4, 0.5) is 0 Å². The number of hydrogen-bond acceptors (Lipinski definition) is 2. The van der Waals surface area contributed by atoms with Crippen LogP contribution in [0.3, 0.4) is 0 Å². The zero-order chi connectivity index (χ0) is 72.4. The maximum absolute atomic E-state index is 9.71. The average molecular weight is 1530 g/mol. The minimum Gasteiger partial charge on any atom is -0.423 e. The van der Waals surface area contributed by atoms with E-state index in [1.807, 2.05) is 42.5 Å². The molecular formula is C105H67BBr2O2. The van der Waals surface area contributed by atoms with Gasteiger partial charge in [0, 0.05) is 8.95 Å². The predicted molar refractivity (Wildman–Crippen MR) is 472 cm³/mol. The molecular weight excluding hydrogens is 1460 g/mol. The molecule has 5 heteroatoms. The Labute approximate surface area is 654 Å². The summed E-state index contributed by atoms with van der Waals surface area (Å²) in [6.45, 7) is 0. The molecule has 4 aliphatic rings. The lowest BCUT2D eigenvalue weighted by molar-refractivity contribution is 0.426. The molecule has 0 aliphatic heterocycles. The van der Waals surface area contributed by atoms with Gasteiger partial charge in [0.2, 0.25) is 0 Å². The van der Waals surface area contributed by atoms with Crippen molar-refractivity contribution in [3.05, 3.63) is 424 Å². The van der Waals surface area contributed by atoms with Gasteiger partial charge < -0.3 is 10.0 Å². The molecule has 2 N–H and O–H groups in total. The van der Waals surface area contributed by atoms with E-state index in [0.717, 1.165) is 41.3 Å². The molecule has 0 bridgehead atoms. The van der Waals surface area contributed by atoms with Gasteiger partial charge in [-0.25, -0.2) is 0 Å². The van der Waals surface area contributed by atoms with Gasteiger partial charge in [-0.15, -0.1) is 0 Å². The molecule has 0 radical (unpaired) electrons. The van der Waals surface area contributed by atoms with Gasteiger partial charge in [0.15, 0.2) is 0 Å². The summed E-state index contributed by atoms with van der Waals surface area (Å²) < 4.78 is 2.24. The molecule has 0 amide bonds. The fraction of sp³-hybridized carbons (Fsp3) is 0.0286. The van der Waals surface area contributed by atoms with Crippen molar-refractivity contribution in [1.29, 1.82) is 0 Å². The molecule has 0 saturated heterocycles. The Morgan fingerprint density at radius 1 is 0.191 bits per heavy atom. The molecule has 20 aromatic rings. The second-order valence-electron chi connectivity index (χ2n) is 29.6. The summed E-state index contributed by atoms with van der Waals surface area (Å²) in [5.74, 6) is 0. The predicted octanol–water partition coefficient (Wildman–Crippen LogP) is 27.3. The van der Waals surface area contributed by atoms with E-state index < -0.39 is 12.5 Å². The first-order chi connectivity index (χ1) is 53.7. The highest BCUT2D eigenvalue weighted by molar-refractivity contribution is 9.10. The molecule has 24 rings (SSSR count). The van der Waals surface area contributed by atoms with E-state index in [-0.39, 0.29) is 12.8 Å². The van der Waals surface area contributed by atoms with Crippen LogP contribution in [0, 0.1) is 0 Å².